The lowest BCUT2D eigenvalue weighted by Crippen LogP contribution is -2.54. The minimum atomic E-state index is 0.119. The first-order valence-electron chi connectivity index (χ1n) is 8.09. The van der Waals surface area contributed by atoms with Crippen LogP contribution in [0.5, 0.6) is 5.75 Å². The molecule has 0 amide bonds. The van der Waals surface area contributed by atoms with Crippen LogP contribution in [-0.2, 0) is 6.54 Å². The molecule has 0 saturated carbocycles. The van der Waals surface area contributed by atoms with Crippen LogP contribution in [0.4, 0.5) is 0 Å². The summed E-state index contributed by atoms with van der Waals surface area (Å²) in [5, 5.41) is 9.78. The lowest BCUT2D eigenvalue weighted by atomic mass is 10.0. The SMILES string of the molecule is COc1ccc(CN2CC3=C(C)[C@@H](C)N=CN3CC2CO)cc1. The lowest BCUT2D eigenvalue weighted by Gasteiger charge is -2.44. The Morgan fingerprint density at radius 3 is 2.70 bits per heavy atom. The van der Waals surface area contributed by atoms with E-state index < -0.39 is 0 Å². The summed E-state index contributed by atoms with van der Waals surface area (Å²) in [5.74, 6) is 0.869. The molecule has 1 fully saturated rings. The number of methoxy groups -OCH3 is 1. The summed E-state index contributed by atoms with van der Waals surface area (Å²) in [7, 11) is 1.68. The Kier molecular flexibility index (Phi) is 4.68. The van der Waals surface area contributed by atoms with Gasteiger partial charge in [-0.1, -0.05) is 12.1 Å². The van der Waals surface area contributed by atoms with Crippen molar-refractivity contribution < 1.29 is 9.84 Å². The van der Waals surface area contributed by atoms with Crippen molar-refractivity contribution in [2.24, 2.45) is 4.99 Å². The zero-order chi connectivity index (χ0) is 16.4. The van der Waals surface area contributed by atoms with Crippen molar-refractivity contribution in [2.45, 2.75) is 32.5 Å². The first-order chi connectivity index (χ1) is 11.1. The molecule has 0 bridgehead atoms. The maximum atomic E-state index is 9.78. The number of hydrogen-bond donors (Lipinski definition) is 1. The number of ether oxygens (including phenoxy) is 1. The third kappa shape index (κ3) is 3.26. The molecule has 1 saturated heterocycles. The van der Waals surface area contributed by atoms with E-state index in [1.165, 1.54) is 16.8 Å². The topological polar surface area (TPSA) is 48.3 Å². The fraction of sp³-hybridized carbons (Fsp3) is 0.500. The van der Waals surface area contributed by atoms with Gasteiger partial charge in [0.25, 0.3) is 0 Å². The van der Waals surface area contributed by atoms with Crippen molar-refractivity contribution in [3.8, 4) is 5.75 Å². The zero-order valence-corrected chi connectivity index (χ0v) is 14.1. The van der Waals surface area contributed by atoms with Gasteiger partial charge in [0.05, 0.1) is 32.1 Å². The molecular weight excluding hydrogens is 290 g/mol. The molecule has 1 aromatic carbocycles. The highest BCUT2D eigenvalue weighted by Crippen LogP contribution is 2.27. The lowest BCUT2D eigenvalue weighted by molar-refractivity contribution is 0.0810. The van der Waals surface area contributed by atoms with Gasteiger partial charge in [0.2, 0.25) is 0 Å². The van der Waals surface area contributed by atoms with Crippen LogP contribution in [0.2, 0.25) is 0 Å². The Labute approximate surface area is 137 Å². The Morgan fingerprint density at radius 1 is 1.30 bits per heavy atom. The molecule has 23 heavy (non-hydrogen) atoms. The smallest absolute Gasteiger partial charge is 0.118 e. The molecule has 1 unspecified atom stereocenters. The first kappa shape index (κ1) is 16.0. The van der Waals surface area contributed by atoms with E-state index in [4.69, 9.17) is 4.74 Å². The normalized spacial score (nSPS) is 24.8. The summed E-state index contributed by atoms with van der Waals surface area (Å²) in [5.41, 5.74) is 3.88. The number of aliphatic hydroxyl groups excluding tert-OH is 1. The molecule has 2 atom stereocenters. The number of aliphatic imine (C=N–C) groups is 1. The molecule has 2 heterocycles. The van der Waals surface area contributed by atoms with Gasteiger partial charge in [-0.3, -0.25) is 9.89 Å². The molecule has 5 nitrogen and oxygen atoms in total. The van der Waals surface area contributed by atoms with Crippen LogP contribution in [0.3, 0.4) is 0 Å². The summed E-state index contributed by atoms with van der Waals surface area (Å²) in [6.07, 6.45) is 1.93. The zero-order valence-electron chi connectivity index (χ0n) is 14.1. The summed E-state index contributed by atoms with van der Waals surface area (Å²) in [4.78, 5) is 9.07. The molecule has 3 rings (SSSR count). The van der Waals surface area contributed by atoms with E-state index in [0.717, 1.165) is 25.4 Å². The summed E-state index contributed by atoms with van der Waals surface area (Å²) in [6, 6.07) is 8.51. The maximum Gasteiger partial charge on any atom is 0.118 e. The summed E-state index contributed by atoms with van der Waals surface area (Å²) < 4.78 is 5.22. The quantitative estimate of drug-likeness (QED) is 0.922. The Hall–Kier alpha value is -1.85. The molecule has 1 aromatic rings. The van der Waals surface area contributed by atoms with Gasteiger partial charge in [-0.15, -0.1) is 0 Å². The van der Waals surface area contributed by atoms with Gasteiger partial charge in [-0.25, -0.2) is 0 Å². The van der Waals surface area contributed by atoms with Gasteiger partial charge in [0.1, 0.15) is 5.75 Å². The second kappa shape index (κ2) is 6.72. The van der Waals surface area contributed by atoms with Crippen molar-refractivity contribution in [1.82, 2.24) is 9.80 Å². The number of aliphatic hydroxyl groups is 1. The van der Waals surface area contributed by atoms with Gasteiger partial charge in [-0.2, -0.15) is 0 Å². The maximum absolute atomic E-state index is 9.78. The van der Waals surface area contributed by atoms with Crippen LogP contribution in [0.1, 0.15) is 19.4 Å². The second-order valence-electron chi connectivity index (χ2n) is 6.31. The van der Waals surface area contributed by atoms with Gasteiger partial charge >= 0.3 is 0 Å². The molecule has 0 aromatic heterocycles. The predicted molar refractivity (Wildman–Crippen MR) is 91.6 cm³/mol. The van der Waals surface area contributed by atoms with Crippen LogP contribution in [-0.4, -0.2) is 60.1 Å². The van der Waals surface area contributed by atoms with E-state index in [9.17, 15) is 5.11 Å². The number of nitrogens with zero attached hydrogens (tertiary/aromatic N) is 3. The molecule has 1 N–H and O–H groups in total. The average molecular weight is 315 g/mol. The monoisotopic (exact) mass is 315 g/mol. The number of rotatable bonds is 4. The number of hydrogen-bond acceptors (Lipinski definition) is 5. The number of fused-ring (bicyclic) bond motifs is 1. The van der Waals surface area contributed by atoms with E-state index in [1.54, 1.807) is 7.11 Å². The van der Waals surface area contributed by atoms with Crippen molar-refractivity contribution in [3.63, 3.8) is 0 Å². The third-order valence-electron chi connectivity index (χ3n) is 4.89. The number of benzene rings is 1. The minimum absolute atomic E-state index is 0.119. The number of piperazine rings is 1. The van der Waals surface area contributed by atoms with Crippen molar-refractivity contribution in [1.29, 1.82) is 0 Å². The largest absolute Gasteiger partial charge is 0.497 e. The van der Waals surface area contributed by atoms with Crippen molar-refractivity contribution in [2.75, 3.05) is 26.8 Å². The highest BCUT2D eigenvalue weighted by atomic mass is 16.5. The van der Waals surface area contributed by atoms with Crippen LogP contribution >= 0.6 is 0 Å². The fourth-order valence-corrected chi connectivity index (χ4v) is 3.19. The van der Waals surface area contributed by atoms with E-state index >= 15 is 0 Å². The average Bonchev–Trinajstić information content (AvgIpc) is 2.59. The van der Waals surface area contributed by atoms with E-state index in [1.807, 2.05) is 18.5 Å². The fourth-order valence-electron chi connectivity index (χ4n) is 3.19. The van der Waals surface area contributed by atoms with E-state index in [2.05, 4.69) is 40.8 Å². The molecule has 124 valence electrons. The third-order valence-corrected chi connectivity index (χ3v) is 4.89. The minimum Gasteiger partial charge on any atom is -0.497 e. The van der Waals surface area contributed by atoms with Crippen LogP contribution < -0.4 is 4.74 Å². The standard InChI is InChI=1S/C18H25N3O2/c1-13-14(2)19-12-21-9-16(11-22)20(10-18(13)21)8-15-4-6-17(23-3)7-5-15/h4-7,12,14,16,22H,8-11H2,1-3H3/t14-,16?/m1/s1. The highest BCUT2D eigenvalue weighted by molar-refractivity contribution is 5.62. The van der Waals surface area contributed by atoms with Crippen molar-refractivity contribution in [3.05, 3.63) is 41.1 Å². The van der Waals surface area contributed by atoms with Crippen LogP contribution in [0, 0.1) is 0 Å². The first-order valence-corrected chi connectivity index (χ1v) is 8.09. The molecule has 5 heteroatoms. The molecular formula is C18H25N3O2. The molecule has 0 radical (unpaired) electrons. The van der Waals surface area contributed by atoms with E-state index in [-0.39, 0.29) is 18.7 Å². The molecule has 0 aliphatic carbocycles. The predicted octanol–water partition coefficient (Wildman–Crippen LogP) is 1.88. The van der Waals surface area contributed by atoms with Gasteiger partial charge in [0.15, 0.2) is 0 Å². The molecule has 2 aliphatic rings. The van der Waals surface area contributed by atoms with Crippen LogP contribution in [0.15, 0.2) is 40.5 Å². The van der Waals surface area contributed by atoms with Gasteiger partial charge in [-0.05, 0) is 37.1 Å². The summed E-state index contributed by atoms with van der Waals surface area (Å²) in [6.45, 7) is 6.90. The molecule has 2 aliphatic heterocycles. The Balaban J connectivity index is 1.78. The Morgan fingerprint density at radius 2 is 2.04 bits per heavy atom. The van der Waals surface area contributed by atoms with E-state index in [0.29, 0.717) is 0 Å². The second-order valence-corrected chi connectivity index (χ2v) is 6.31. The van der Waals surface area contributed by atoms with Crippen molar-refractivity contribution >= 4 is 6.34 Å². The van der Waals surface area contributed by atoms with Gasteiger partial charge in [0, 0.05) is 25.3 Å². The van der Waals surface area contributed by atoms with Gasteiger partial charge < -0.3 is 14.7 Å². The van der Waals surface area contributed by atoms with Crippen LogP contribution in [0.25, 0.3) is 0 Å². The Bertz CT molecular complexity index is 609. The molecule has 0 spiro atoms. The summed E-state index contributed by atoms with van der Waals surface area (Å²) >= 11 is 0. The highest BCUT2D eigenvalue weighted by Gasteiger charge is 2.32.